The molecule has 6 heteroatoms. The fourth-order valence-corrected chi connectivity index (χ4v) is 0.727. The summed E-state index contributed by atoms with van der Waals surface area (Å²) in [6.45, 7) is 0.838. The highest BCUT2D eigenvalue weighted by molar-refractivity contribution is 7.85. The Kier molecular flexibility index (Phi) is 2.48. The van der Waals surface area contributed by atoms with Gasteiger partial charge in [0.25, 0.3) is 10.1 Å². The van der Waals surface area contributed by atoms with Crippen LogP contribution in [0.3, 0.4) is 0 Å². The second kappa shape index (κ2) is 3.06. The van der Waals surface area contributed by atoms with Gasteiger partial charge in [-0.3, -0.25) is 4.55 Å². The normalized spacial score (nSPS) is 33.6. The monoisotopic (exact) mass is 182 g/mol. The van der Waals surface area contributed by atoms with Gasteiger partial charge in [0, 0.05) is 5.92 Å². The van der Waals surface area contributed by atoms with Crippen LogP contribution in [-0.4, -0.2) is 31.9 Å². The third kappa shape index (κ3) is 4.31. The van der Waals surface area contributed by atoms with Gasteiger partial charge in [0.1, 0.15) is 0 Å². The lowest BCUT2D eigenvalue weighted by Gasteiger charge is -1.87. The van der Waals surface area contributed by atoms with Gasteiger partial charge in [-0.25, -0.2) is 9.78 Å². The molecule has 1 saturated heterocycles. The topological polar surface area (TPSA) is 72.8 Å². The van der Waals surface area contributed by atoms with Gasteiger partial charge >= 0.3 is 0 Å². The molecular weight excluding hydrogens is 172 g/mol. The zero-order valence-electron chi connectivity index (χ0n) is 6.06. The van der Waals surface area contributed by atoms with Gasteiger partial charge in [0.15, 0.2) is 0 Å². The first kappa shape index (κ1) is 8.92. The molecular formula is C5H10O5S. The van der Waals surface area contributed by atoms with E-state index in [-0.39, 0.29) is 0 Å². The molecule has 0 bridgehead atoms. The molecule has 2 rings (SSSR count). The van der Waals surface area contributed by atoms with Crippen LogP contribution in [0.1, 0.15) is 6.42 Å². The second-order valence-corrected chi connectivity index (χ2v) is 4.11. The molecule has 0 radical (unpaired) electrons. The van der Waals surface area contributed by atoms with Gasteiger partial charge in [0.2, 0.25) is 0 Å². The summed E-state index contributed by atoms with van der Waals surface area (Å²) in [5.41, 5.74) is 0. The Bertz CT molecular complexity index is 205. The Balaban J connectivity index is 0.000000114. The van der Waals surface area contributed by atoms with E-state index in [2.05, 4.69) is 4.89 Å². The average Bonchev–Trinajstić information content (AvgIpc) is 2.37. The van der Waals surface area contributed by atoms with Crippen LogP contribution in [-0.2, 0) is 19.9 Å². The zero-order valence-corrected chi connectivity index (χ0v) is 6.87. The minimum atomic E-state index is -3.67. The molecule has 2 fully saturated rings. The van der Waals surface area contributed by atoms with Crippen molar-refractivity contribution in [3.63, 3.8) is 0 Å². The summed E-state index contributed by atoms with van der Waals surface area (Å²) in [5, 5.41) is 0. The van der Waals surface area contributed by atoms with Crippen LogP contribution < -0.4 is 0 Å². The van der Waals surface area contributed by atoms with Crippen molar-refractivity contribution in [2.75, 3.05) is 12.9 Å². The van der Waals surface area contributed by atoms with E-state index in [4.69, 9.17) is 9.44 Å². The lowest BCUT2D eigenvalue weighted by Crippen LogP contribution is -1.88. The van der Waals surface area contributed by atoms with E-state index in [9.17, 15) is 8.42 Å². The molecule has 0 amide bonds. The fourth-order valence-electron chi connectivity index (χ4n) is 0.727. The van der Waals surface area contributed by atoms with Crippen LogP contribution in [0.25, 0.3) is 0 Å². The van der Waals surface area contributed by atoms with Crippen molar-refractivity contribution in [3.8, 4) is 0 Å². The molecule has 2 unspecified atom stereocenters. The first-order chi connectivity index (χ1) is 4.97. The second-order valence-electron chi connectivity index (χ2n) is 2.65. The molecule has 0 aromatic rings. The number of fused-ring (bicyclic) bond motifs is 1. The molecule has 1 aliphatic heterocycles. The smallest absolute Gasteiger partial charge is 0.261 e. The van der Waals surface area contributed by atoms with Crippen LogP contribution >= 0.6 is 0 Å². The average molecular weight is 182 g/mol. The summed E-state index contributed by atoms with van der Waals surface area (Å²) in [7, 11) is -3.67. The molecule has 1 aliphatic carbocycles. The summed E-state index contributed by atoms with van der Waals surface area (Å²) in [6.07, 6.45) is 2.44. The first-order valence-electron chi connectivity index (χ1n) is 3.17. The number of rotatable bonds is 0. The van der Waals surface area contributed by atoms with Crippen molar-refractivity contribution in [2.24, 2.45) is 5.92 Å². The molecule has 0 aromatic heterocycles. The van der Waals surface area contributed by atoms with Crippen molar-refractivity contribution >= 4 is 10.1 Å². The Labute approximate surface area is 65.0 Å². The maximum Gasteiger partial charge on any atom is 0.261 e. The number of hydrogen-bond donors (Lipinski definition) is 1. The largest absolute Gasteiger partial charge is 0.286 e. The maximum atomic E-state index is 9.19. The SMILES string of the molecule is C1OOC2CC12.CS(=O)(=O)O. The summed E-state index contributed by atoms with van der Waals surface area (Å²) in [4.78, 5) is 9.33. The van der Waals surface area contributed by atoms with Crippen molar-refractivity contribution in [2.45, 2.75) is 12.5 Å². The third-order valence-electron chi connectivity index (χ3n) is 1.33. The van der Waals surface area contributed by atoms with Gasteiger partial charge in [-0.05, 0) is 6.42 Å². The van der Waals surface area contributed by atoms with Crippen LogP contribution in [0.5, 0.6) is 0 Å². The molecule has 1 N–H and O–H groups in total. The van der Waals surface area contributed by atoms with Crippen LogP contribution in [0, 0.1) is 5.92 Å². The number of hydrogen-bond acceptors (Lipinski definition) is 4. The molecule has 2 atom stereocenters. The van der Waals surface area contributed by atoms with Crippen LogP contribution in [0.2, 0.25) is 0 Å². The van der Waals surface area contributed by atoms with E-state index in [0.29, 0.717) is 12.4 Å². The molecule has 66 valence electrons. The first-order valence-corrected chi connectivity index (χ1v) is 5.02. The standard InChI is InChI=1S/C4H6O2.CH4O3S/c1-3-2-5-6-4(1)3;1-5(2,3)4/h3-4H,1-2H2;1H3,(H,2,3,4). The molecule has 11 heavy (non-hydrogen) atoms. The molecule has 0 spiro atoms. The van der Waals surface area contributed by atoms with Gasteiger partial charge in [0.05, 0.1) is 19.0 Å². The lowest BCUT2D eigenvalue weighted by molar-refractivity contribution is -0.271. The Morgan fingerprint density at radius 3 is 2.18 bits per heavy atom. The van der Waals surface area contributed by atoms with Crippen molar-refractivity contribution < 1.29 is 22.7 Å². The quantitative estimate of drug-likeness (QED) is 0.416. The summed E-state index contributed by atoms with van der Waals surface area (Å²) >= 11 is 0. The molecule has 1 saturated carbocycles. The third-order valence-corrected chi connectivity index (χ3v) is 1.33. The maximum absolute atomic E-state index is 9.19. The Hall–Kier alpha value is -0.170. The lowest BCUT2D eigenvalue weighted by atomic mass is 10.5. The Morgan fingerprint density at radius 2 is 2.09 bits per heavy atom. The van der Waals surface area contributed by atoms with E-state index in [0.717, 1.165) is 12.5 Å². The van der Waals surface area contributed by atoms with Crippen molar-refractivity contribution in [1.29, 1.82) is 0 Å². The van der Waals surface area contributed by atoms with Gasteiger partial charge in [-0.2, -0.15) is 8.42 Å². The van der Waals surface area contributed by atoms with Crippen LogP contribution in [0.4, 0.5) is 0 Å². The predicted octanol–water partition coefficient (Wildman–Crippen LogP) is -0.159. The van der Waals surface area contributed by atoms with Gasteiger partial charge < -0.3 is 0 Å². The predicted molar refractivity (Wildman–Crippen MR) is 36.4 cm³/mol. The van der Waals surface area contributed by atoms with Gasteiger partial charge in [-0.15, -0.1) is 0 Å². The van der Waals surface area contributed by atoms with E-state index in [1.165, 1.54) is 6.42 Å². The molecule has 5 nitrogen and oxygen atoms in total. The molecule has 0 aromatic carbocycles. The van der Waals surface area contributed by atoms with E-state index >= 15 is 0 Å². The van der Waals surface area contributed by atoms with E-state index < -0.39 is 10.1 Å². The summed E-state index contributed by atoms with van der Waals surface area (Å²) in [6, 6.07) is 0. The summed E-state index contributed by atoms with van der Waals surface area (Å²) < 4.78 is 25.9. The minimum Gasteiger partial charge on any atom is -0.286 e. The minimum absolute atomic E-state index is 0.491. The highest BCUT2D eigenvalue weighted by Gasteiger charge is 2.44. The molecule has 2 aliphatic rings. The van der Waals surface area contributed by atoms with E-state index in [1.807, 2.05) is 0 Å². The highest BCUT2D eigenvalue weighted by Crippen LogP contribution is 2.38. The van der Waals surface area contributed by atoms with E-state index in [1.54, 1.807) is 0 Å². The fraction of sp³-hybridized carbons (Fsp3) is 1.00. The van der Waals surface area contributed by atoms with Crippen molar-refractivity contribution in [3.05, 3.63) is 0 Å². The molecule has 1 heterocycles. The Morgan fingerprint density at radius 1 is 1.55 bits per heavy atom. The van der Waals surface area contributed by atoms with Crippen LogP contribution in [0.15, 0.2) is 0 Å². The van der Waals surface area contributed by atoms with Gasteiger partial charge in [-0.1, -0.05) is 0 Å². The highest BCUT2D eigenvalue weighted by atomic mass is 32.2. The zero-order chi connectivity index (χ0) is 8.48. The summed E-state index contributed by atoms with van der Waals surface area (Å²) in [5.74, 6) is 0.769. The van der Waals surface area contributed by atoms with Crippen molar-refractivity contribution in [1.82, 2.24) is 0 Å².